The van der Waals surface area contributed by atoms with Crippen molar-refractivity contribution in [3.8, 4) is 5.75 Å². The van der Waals surface area contributed by atoms with Crippen LogP contribution in [0.25, 0.3) is 0 Å². The Morgan fingerprint density at radius 1 is 1.18 bits per heavy atom. The fourth-order valence-electron chi connectivity index (χ4n) is 2.66. The third-order valence-corrected chi connectivity index (χ3v) is 3.84. The molecule has 0 unspecified atom stereocenters. The number of carbonyl (C=O) groups excluding carboxylic acids is 1. The maximum Gasteiger partial charge on any atom is 0.249 e. The second-order valence-electron chi connectivity index (χ2n) is 5.18. The smallest absolute Gasteiger partial charge is 0.249 e. The summed E-state index contributed by atoms with van der Waals surface area (Å²) in [6, 6.07) is 14.7. The standard InChI is InChI=1S/C17H18N2O3/c1-22-13-8-6-12(7-9-13)10-19-15-5-3-2-4-14(15)18-17(21)16(19)11-20/h2-9,16,20H,10-11H2,1H3,(H,18,21)/t16-/m1/s1. The van der Waals surface area contributed by atoms with Crippen molar-refractivity contribution in [3.05, 3.63) is 54.1 Å². The first-order valence-electron chi connectivity index (χ1n) is 7.13. The van der Waals surface area contributed by atoms with Crippen LogP contribution in [-0.4, -0.2) is 30.8 Å². The highest BCUT2D eigenvalue weighted by atomic mass is 16.5. The summed E-state index contributed by atoms with van der Waals surface area (Å²) in [6.45, 7) is 0.315. The zero-order valence-electron chi connectivity index (χ0n) is 12.3. The first kappa shape index (κ1) is 14.4. The molecule has 1 atom stereocenters. The minimum atomic E-state index is -0.586. The number of para-hydroxylation sites is 2. The van der Waals surface area contributed by atoms with Gasteiger partial charge in [-0.15, -0.1) is 0 Å². The molecule has 2 N–H and O–H groups in total. The van der Waals surface area contributed by atoms with Gasteiger partial charge in [-0.2, -0.15) is 0 Å². The zero-order chi connectivity index (χ0) is 15.5. The highest BCUT2D eigenvalue weighted by Crippen LogP contribution is 2.33. The molecule has 2 aromatic carbocycles. The monoisotopic (exact) mass is 298 g/mol. The van der Waals surface area contributed by atoms with E-state index in [1.807, 2.05) is 53.4 Å². The van der Waals surface area contributed by atoms with Gasteiger partial charge < -0.3 is 20.1 Å². The van der Waals surface area contributed by atoms with E-state index < -0.39 is 6.04 Å². The van der Waals surface area contributed by atoms with Crippen LogP contribution in [0.5, 0.6) is 5.75 Å². The van der Waals surface area contributed by atoms with E-state index in [0.717, 1.165) is 22.7 Å². The Labute approximate surface area is 129 Å². The van der Waals surface area contributed by atoms with Crippen molar-refractivity contribution in [2.24, 2.45) is 0 Å². The Hall–Kier alpha value is -2.53. The molecule has 2 aromatic rings. The van der Waals surface area contributed by atoms with Crippen molar-refractivity contribution in [1.82, 2.24) is 0 Å². The fraction of sp³-hybridized carbons (Fsp3) is 0.235. The summed E-state index contributed by atoms with van der Waals surface area (Å²) >= 11 is 0. The van der Waals surface area contributed by atoms with Gasteiger partial charge in [-0.25, -0.2) is 0 Å². The summed E-state index contributed by atoms with van der Waals surface area (Å²) in [5.74, 6) is 0.606. The van der Waals surface area contributed by atoms with Gasteiger partial charge >= 0.3 is 0 Å². The highest BCUT2D eigenvalue weighted by molar-refractivity contribution is 6.03. The number of methoxy groups -OCH3 is 1. The molecule has 22 heavy (non-hydrogen) atoms. The molecule has 0 aliphatic carbocycles. The van der Waals surface area contributed by atoms with E-state index in [1.54, 1.807) is 7.11 Å². The molecular formula is C17H18N2O3. The summed E-state index contributed by atoms with van der Waals surface area (Å²) in [5, 5.41) is 12.4. The molecular weight excluding hydrogens is 280 g/mol. The van der Waals surface area contributed by atoms with Gasteiger partial charge in [0, 0.05) is 6.54 Å². The molecule has 5 heteroatoms. The number of ether oxygens (including phenoxy) is 1. The second kappa shape index (κ2) is 6.07. The number of rotatable bonds is 4. The van der Waals surface area contributed by atoms with E-state index in [0.29, 0.717) is 6.54 Å². The lowest BCUT2D eigenvalue weighted by Crippen LogP contribution is -2.49. The number of amides is 1. The van der Waals surface area contributed by atoms with E-state index in [9.17, 15) is 9.90 Å². The summed E-state index contributed by atoms with van der Waals surface area (Å²) in [5.41, 5.74) is 2.73. The highest BCUT2D eigenvalue weighted by Gasteiger charge is 2.32. The predicted octanol–water partition coefficient (Wildman–Crippen LogP) is 2.01. The van der Waals surface area contributed by atoms with Gasteiger partial charge in [-0.05, 0) is 29.8 Å². The van der Waals surface area contributed by atoms with Crippen LogP contribution in [-0.2, 0) is 11.3 Å². The number of aliphatic hydroxyl groups excluding tert-OH is 1. The summed E-state index contributed by atoms with van der Waals surface area (Å²) < 4.78 is 5.16. The van der Waals surface area contributed by atoms with Crippen LogP contribution in [0.2, 0.25) is 0 Å². The van der Waals surface area contributed by atoms with Crippen molar-refractivity contribution in [2.75, 3.05) is 23.9 Å². The van der Waals surface area contributed by atoms with Crippen LogP contribution in [0.15, 0.2) is 48.5 Å². The van der Waals surface area contributed by atoms with Crippen LogP contribution in [0.4, 0.5) is 11.4 Å². The van der Waals surface area contributed by atoms with Gasteiger partial charge in [-0.1, -0.05) is 24.3 Å². The molecule has 0 saturated carbocycles. The molecule has 1 heterocycles. The molecule has 1 aliphatic rings. The number of aliphatic hydroxyl groups is 1. The number of fused-ring (bicyclic) bond motifs is 1. The number of hydrogen-bond donors (Lipinski definition) is 2. The predicted molar refractivity (Wildman–Crippen MR) is 85.1 cm³/mol. The topological polar surface area (TPSA) is 61.8 Å². The molecule has 0 aromatic heterocycles. The normalized spacial score (nSPS) is 16.9. The van der Waals surface area contributed by atoms with E-state index >= 15 is 0 Å². The van der Waals surface area contributed by atoms with Crippen molar-refractivity contribution in [2.45, 2.75) is 12.6 Å². The van der Waals surface area contributed by atoms with Gasteiger partial charge in [0.1, 0.15) is 11.8 Å². The average Bonchev–Trinajstić information content (AvgIpc) is 2.55. The molecule has 0 radical (unpaired) electrons. The lowest BCUT2D eigenvalue weighted by atomic mass is 10.1. The molecule has 114 valence electrons. The Balaban J connectivity index is 1.93. The number of carbonyl (C=O) groups is 1. The number of nitrogens with zero attached hydrogens (tertiary/aromatic N) is 1. The van der Waals surface area contributed by atoms with Crippen LogP contribution >= 0.6 is 0 Å². The van der Waals surface area contributed by atoms with E-state index in [1.165, 1.54) is 0 Å². The van der Waals surface area contributed by atoms with Crippen LogP contribution in [0, 0.1) is 0 Å². The van der Waals surface area contributed by atoms with Crippen LogP contribution < -0.4 is 15.0 Å². The third-order valence-electron chi connectivity index (χ3n) is 3.84. The Morgan fingerprint density at radius 2 is 1.91 bits per heavy atom. The van der Waals surface area contributed by atoms with Crippen molar-refractivity contribution >= 4 is 17.3 Å². The zero-order valence-corrected chi connectivity index (χ0v) is 12.3. The Kier molecular flexibility index (Phi) is 3.98. The first-order valence-corrected chi connectivity index (χ1v) is 7.13. The lowest BCUT2D eigenvalue weighted by molar-refractivity contribution is -0.118. The van der Waals surface area contributed by atoms with Gasteiger partial charge in [-0.3, -0.25) is 4.79 Å². The molecule has 1 amide bonds. The van der Waals surface area contributed by atoms with Crippen molar-refractivity contribution in [1.29, 1.82) is 0 Å². The quantitative estimate of drug-likeness (QED) is 0.906. The second-order valence-corrected chi connectivity index (χ2v) is 5.18. The minimum absolute atomic E-state index is 0.185. The molecule has 0 saturated heterocycles. The Bertz CT molecular complexity index is 670. The van der Waals surface area contributed by atoms with E-state index in [4.69, 9.17) is 4.74 Å². The fourth-order valence-corrected chi connectivity index (χ4v) is 2.66. The molecule has 0 bridgehead atoms. The van der Waals surface area contributed by atoms with Crippen molar-refractivity contribution in [3.63, 3.8) is 0 Å². The molecule has 3 rings (SSSR count). The number of nitrogens with one attached hydrogen (secondary N) is 1. The van der Waals surface area contributed by atoms with Gasteiger partial charge in [0.25, 0.3) is 0 Å². The first-order chi connectivity index (χ1) is 10.7. The van der Waals surface area contributed by atoms with Crippen molar-refractivity contribution < 1.29 is 14.6 Å². The molecule has 0 spiro atoms. The molecule has 5 nitrogen and oxygen atoms in total. The largest absolute Gasteiger partial charge is 0.497 e. The SMILES string of the molecule is COc1ccc(CN2c3ccccc3NC(=O)[C@H]2CO)cc1. The maximum absolute atomic E-state index is 12.2. The minimum Gasteiger partial charge on any atom is -0.497 e. The summed E-state index contributed by atoms with van der Waals surface area (Å²) in [4.78, 5) is 14.1. The van der Waals surface area contributed by atoms with E-state index in [-0.39, 0.29) is 12.5 Å². The van der Waals surface area contributed by atoms with Gasteiger partial charge in [0.05, 0.1) is 25.1 Å². The van der Waals surface area contributed by atoms with E-state index in [2.05, 4.69) is 5.32 Å². The van der Waals surface area contributed by atoms with Gasteiger partial charge in [0.15, 0.2) is 0 Å². The van der Waals surface area contributed by atoms with Gasteiger partial charge in [0.2, 0.25) is 5.91 Å². The van der Waals surface area contributed by atoms with Crippen LogP contribution in [0.1, 0.15) is 5.56 Å². The maximum atomic E-state index is 12.2. The molecule has 0 fully saturated rings. The summed E-state index contributed by atoms with van der Waals surface area (Å²) in [7, 11) is 1.63. The van der Waals surface area contributed by atoms with Crippen LogP contribution in [0.3, 0.4) is 0 Å². The third kappa shape index (κ3) is 2.63. The number of benzene rings is 2. The Morgan fingerprint density at radius 3 is 2.59 bits per heavy atom. The number of hydrogen-bond acceptors (Lipinski definition) is 4. The number of anilines is 2. The average molecular weight is 298 g/mol. The lowest BCUT2D eigenvalue weighted by Gasteiger charge is -2.37. The summed E-state index contributed by atoms with van der Waals surface area (Å²) in [6.07, 6.45) is 0. The molecule has 1 aliphatic heterocycles.